The van der Waals surface area contributed by atoms with E-state index < -0.39 is 10.0 Å². The number of nitrogens with one attached hydrogen (secondary N) is 1. The first-order valence-corrected chi connectivity index (χ1v) is 8.24. The molecule has 0 atom stereocenters. The average Bonchev–Trinajstić information content (AvgIpc) is 2.09. The Hall–Kier alpha value is -0.110. The van der Waals surface area contributed by atoms with Gasteiger partial charge < -0.3 is 5.73 Å². The molecule has 0 heterocycles. The summed E-state index contributed by atoms with van der Waals surface area (Å²) in [5.74, 6) is 0. The van der Waals surface area contributed by atoms with E-state index >= 15 is 0 Å². The number of benzene rings is 1. The molecule has 0 aromatic heterocycles. The van der Waals surface area contributed by atoms with Gasteiger partial charge in [0.2, 0.25) is 10.0 Å². The van der Waals surface area contributed by atoms with Crippen LogP contribution in [0.4, 0.5) is 5.69 Å². The summed E-state index contributed by atoms with van der Waals surface area (Å²) >= 11 is 6.50. The fourth-order valence-corrected chi connectivity index (χ4v) is 5.04. The van der Waals surface area contributed by atoms with Crippen molar-refractivity contribution in [3.05, 3.63) is 21.1 Å². The standard InChI is InChI=1S/C10H12Br2N2O2S/c11-6-4-8(12)10(9(13)5-6)17(15,16)14-7-2-1-3-7/h4-5,7,14H,1-3,13H2. The van der Waals surface area contributed by atoms with Crippen LogP contribution in [0, 0.1) is 0 Å². The lowest BCUT2D eigenvalue weighted by molar-refractivity contribution is 0.383. The Morgan fingerprint density at radius 1 is 1.29 bits per heavy atom. The van der Waals surface area contributed by atoms with Gasteiger partial charge in [0, 0.05) is 15.0 Å². The van der Waals surface area contributed by atoms with Gasteiger partial charge in [0.15, 0.2) is 0 Å². The molecule has 0 amide bonds. The third-order valence-corrected chi connectivity index (χ3v) is 5.72. The van der Waals surface area contributed by atoms with Crippen molar-refractivity contribution in [2.24, 2.45) is 0 Å². The molecule has 0 radical (unpaired) electrons. The van der Waals surface area contributed by atoms with Gasteiger partial charge >= 0.3 is 0 Å². The van der Waals surface area contributed by atoms with Crippen LogP contribution in [0.25, 0.3) is 0 Å². The predicted molar refractivity (Wildman–Crippen MR) is 74.2 cm³/mol. The van der Waals surface area contributed by atoms with E-state index in [1.165, 1.54) is 0 Å². The minimum absolute atomic E-state index is 0.0509. The van der Waals surface area contributed by atoms with Gasteiger partial charge in [-0.15, -0.1) is 0 Å². The summed E-state index contributed by atoms with van der Waals surface area (Å²) in [6.07, 6.45) is 2.87. The number of nitrogen functional groups attached to an aromatic ring is 1. The van der Waals surface area contributed by atoms with E-state index in [2.05, 4.69) is 36.6 Å². The summed E-state index contributed by atoms with van der Waals surface area (Å²) in [5.41, 5.74) is 6.00. The Morgan fingerprint density at radius 2 is 1.94 bits per heavy atom. The van der Waals surface area contributed by atoms with E-state index in [-0.39, 0.29) is 16.6 Å². The van der Waals surface area contributed by atoms with Crippen molar-refractivity contribution in [3.63, 3.8) is 0 Å². The highest BCUT2D eigenvalue weighted by Crippen LogP contribution is 2.32. The lowest BCUT2D eigenvalue weighted by Gasteiger charge is -2.26. The molecular formula is C10H12Br2N2O2S. The minimum Gasteiger partial charge on any atom is -0.398 e. The number of rotatable bonds is 3. The summed E-state index contributed by atoms with van der Waals surface area (Å²) in [6, 6.07) is 3.31. The Bertz CT molecular complexity index is 518. The summed E-state index contributed by atoms with van der Waals surface area (Å²) in [6.45, 7) is 0. The third kappa shape index (κ3) is 2.83. The molecule has 0 spiro atoms. The Kier molecular flexibility index (Phi) is 3.82. The largest absolute Gasteiger partial charge is 0.398 e. The Labute approximate surface area is 117 Å². The van der Waals surface area contributed by atoms with Gasteiger partial charge in [0.05, 0.1) is 5.69 Å². The number of sulfonamides is 1. The van der Waals surface area contributed by atoms with Crippen molar-refractivity contribution in [1.82, 2.24) is 4.72 Å². The number of nitrogens with two attached hydrogens (primary N) is 1. The number of hydrogen-bond donors (Lipinski definition) is 2. The van der Waals surface area contributed by atoms with Crippen LogP contribution in [0.2, 0.25) is 0 Å². The van der Waals surface area contributed by atoms with E-state index in [0.29, 0.717) is 4.47 Å². The fourth-order valence-electron chi connectivity index (χ4n) is 1.67. The second-order valence-electron chi connectivity index (χ2n) is 4.06. The number of halogens is 2. The van der Waals surface area contributed by atoms with E-state index in [9.17, 15) is 8.42 Å². The van der Waals surface area contributed by atoms with Crippen molar-refractivity contribution in [2.45, 2.75) is 30.2 Å². The SMILES string of the molecule is Nc1cc(Br)cc(Br)c1S(=O)(=O)NC1CCC1. The highest BCUT2D eigenvalue weighted by Gasteiger charge is 2.27. The predicted octanol–water partition coefficient (Wildman–Crippen LogP) is 2.62. The maximum Gasteiger partial charge on any atom is 0.243 e. The van der Waals surface area contributed by atoms with Crippen LogP contribution in [0.5, 0.6) is 0 Å². The molecule has 0 aliphatic heterocycles. The molecule has 17 heavy (non-hydrogen) atoms. The first-order chi connectivity index (χ1) is 7.90. The molecule has 0 bridgehead atoms. The lowest BCUT2D eigenvalue weighted by Crippen LogP contribution is -2.39. The summed E-state index contributed by atoms with van der Waals surface area (Å²) in [7, 11) is -3.54. The van der Waals surface area contributed by atoms with Gasteiger partial charge in [-0.1, -0.05) is 22.4 Å². The normalized spacial score (nSPS) is 16.8. The van der Waals surface area contributed by atoms with Crippen molar-refractivity contribution < 1.29 is 8.42 Å². The monoisotopic (exact) mass is 382 g/mol. The third-order valence-electron chi connectivity index (χ3n) is 2.73. The van der Waals surface area contributed by atoms with Gasteiger partial charge in [0.1, 0.15) is 4.90 Å². The molecule has 1 aromatic rings. The molecule has 94 valence electrons. The van der Waals surface area contributed by atoms with Crippen molar-refractivity contribution >= 4 is 47.6 Å². The van der Waals surface area contributed by atoms with Crippen molar-refractivity contribution in [1.29, 1.82) is 0 Å². The smallest absolute Gasteiger partial charge is 0.243 e. The van der Waals surface area contributed by atoms with Gasteiger partial charge in [-0.2, -0.15) is 0 Å². The van der Waals surface area contributed by atoms with Crippen LogP contribution < -0.4 is 10.5 Å². The van der Waals surface area contributed by atoms with Crippen molar-refractivity contribution in [2.75, 3.05) is 5.73 Å². The molecule has 0 unspecified atom stereocenters. The van der Waals surface area contributed by atoms with E-state index in [0.717, 1.165) is 23.7 Å². The summed E-state index contributed by atoms with van der Waals surface area (Å²) < 4.78 is 28.2. The number of hydrogen-bond acceptors (Lipinski definition) is 3. The molecule has 4 nitrogen and oxygen atoms in total. The van der Waals surface area contributed by atoms with Crippen LogP contribution in [0.3, 0.4) is 0 Å². The Morgan fingerprint density at radius 3 is 2.41 bits per heavy atom. The van der Waals surface area contributed by atoms with Crippen LogP contribution in [0.15, 0.2) is 26.0 Å². The van der Waals surface area contributed by atoms with Gasteiger partial charge in [0.25, 0.3) is 0 Å². The van der Waals surface area contributed by atoms with E-state index in [1.54, 1.807) is 12.1 Å². The van der Waals surface area contributed by atoms with Crippen LogP contribution >= 0.6 is 31.9 Å². The second-order valence-corrected chi connectivity index (χ2v) is 7.48. The van der Waals surface area contributed by atoms with Gasteiger partial charge in [-0.3, -0.25) is 0 Å². The van der Waals surface area contributed by atoms with Crippen LogP contribution in [0.1, 0.15) is 19.3 Å². The zero-order valence-electron chi connectivity index (χ0n) is 8.91. The highest BCUT2D eigenvalue weighted by molar-refractivity contribution is 9.11. The molecule has 7 heteroatoms. The molecule has 2 rings (SSSR count). The molecule has 3 N–H and O–H groups in total. The van der Waals surface area contributed by atoms with Crippen molar-refractivity contribution in [3.8, 4) is 0 Å². The molecule has 0 saturated heterocycles. The molecule has 1 saturated carbocycles. The van der Waals surface area contributed by atoms with Crippen LogP contribution in [-0.2, 0) is 10.0 Å². The lowest BCUT2D eigenvalue weighted by atomic mass is 9.94. The second kappa shape index (κ2) is 4.87. The molecule has 1 fully saturated rings. The maximum atomic E-state index is 12.2. The fraction of sp³-hybridized carbons (Fsp3) is 0.400. The quantitative estimate of drug-likeness (QED) is 0.788. The molecule has 1 aromatic carbocycles. The first-order valence-electron chi connectivity index (χ1n) is 5.17. The van der Waals surface area contributed by atoms with E-state index in [4.69, 9.17) is 5.73 Å². The molecule has 1 aliphatic carbocycles. The van der Waals surface area contributed by atoms with Gasteiger partial charge in [-0.05, 0) is 40.9 Å². The zero-order valence-corrected chi connectivity index (χ0v) is 12.9. The number of anilines is 1. The first kappa shape index (κ1) is 13.3. The summed E-state index contributed by atoms with van der Waals surface area (Å²) in [4.78, 5) is 0.118. The van der Waals surface area contributed by atoms with E-state index in [1.807, 2.05) is 0 Å². The average molecular weight is 384 g/mol. The maximum absolute atomic E-state index is 12.2. The molecule has 1 aliphatic rings. The highest BCUT2D eigenvalue weighted by atomic mass is 79.9. The van der Waals surface area contributed by atoms with Gasteiger partial charge in [-0.25, -0.2) is 13.1 Å². The Balaban J connectivity index is 2.38. The van der Waals surface area contributed by atoms with Crippen LogP contribution in [-0.4, -0.2) is 14.5 Å². The minimum atomic E-state index is -3.54. The zero-order chi connectivity index (χ0) is 12.6. The molecular weight excluding hydrogens is 372 g/mol. The topological polar surface area (TPSA) is 72.2 Å². The summed E-state index contributed by atoms with van der Waals surface area (Å²) in [5, 5.41) is 0.